The third-order valence-electron chi connectivity index (χ3n) is 2.15. The molecule has 0 unspecified atom stereocenters. The minimum absolute atomic E-state index is 0.194. The van der Waals surface area contributed by atoms with Crippen molar-refractivity contribution in [2.75, 3.05) is 26.4 Å². The highest BCUT2D eigenvalue weighted by atomic mass is 35.5. The highest BCUT2D eigenvalue weighted by Gasteiger charge is 1.95. The first kappa shape index (κ1) is 15.6. The second kappa shape index (κ2) is 14.6. The predicted molar refractivity (Wildman–Crippen MR) is 68.2 cm³/mol. The Morgan fingerprint density at radius 2 is 0.867 bits per heavy atom. The van der Waals surface area contributed by atoms with Gasteiger partial charge in [0.05, 0.1) is 0 Å². The molecule has 0 radical (unpaired) electrons. The van der Waals surface area contributed by atoms with Crippen LogP contribution in [0.2, 0.25) is 0 Å². The van der Waals surface area contributed by atoms with Gasteiger partial charge in [0.1, 0.15) is 0 Å². The van der Waals surface area contributed by atoms with E-state index in [0.29, 0.717) is 0 Å². The number of ether oxygens (including phenoxy) is 2. The maximum absolute atomic E-state index is 5.07. The molecule has 90 valence electrons. The van der Waals surface area contributed by atoms with Crippen LogP contribution in [0.1, 0.15) is 38.5 Å². The average Bonchev–Trinajstić information content (AvgIpc) is 2.35. The second-order valence-corrected chi connectivity index (χ2v) is 4.26. The van der Waals surface area contributed by atoms with Crippen molar-refractivity contribution < 1.29 is 9.47 Å². The molecule has 2 aliphatic rings. The van der Waals surface area contributed by atoms with Gasteiger partial charge >= 0.3 is 6.11 Å². The fraction of sp³-hybridized carbons (Fsp3) is 1.00. The number of rotatable bonds is 0. The van der Waals surface area contributed by atoms with Crippen LogP contribution in [0, 0.1) is 0 Å². The molecule has 2 saturated heterocycles. The summed E-state index contributed by atoms with van der Waals surface area (Å²) in [6, 6.07) is 0. The first-order valence-electron chi connectivity index (χ1n) is 5.69. The summed E-state index contributed by atoms with van der Waals surface area (Å²) in [6.45, 7) is 4.00. The zero-order valence-corrected chi connectivity index (χ0v) is 10.9. The predicted octanol–water partition coefficient (Wildman–Crippen LogP) is 3.10. The molecule has 5 heteroatoms. The van der Waals surface area contributed by atoms with Gasteiger partial charge < -0.3 is 9.47 Å². The van der Waals surface area contributed by atoms with Crippen LogP contribution in [0.15, 0.2) is 0 Å². The van der Waals surface area contributed by atoms with Crippen molar-refractivity contribution in [3.05, 3.63) is 0 Å². The first-order valence-corrected chi connectivity index (χ1v) is 6.76. The Labute approximate surface area is 104 Å². The molecular formula is C10H21BCl2O2. The Bertz CT molecular complexity index is 74.6. The van der Waals surface area contributed by atoms with E-state index in [1.54, 1.807) is 0 Å². The van der Waals surface area contributed by atoms with E-state index in [1.165, 1.54) is 38.5 Å². The van der Waals surface area contributed by atoms with Gasteiger partial charge in [-0.3, -0.25) is 0 Å². The van der Waals surface area contributed by atoms with E-state index in [1.807, 2.05) is 0 Å². The largest absolute Gasteiger partial charge is 0.381 e. The summed E-state index contributed by atoms with van der Waals surface area (Å²) in [4.78, 5) is 0. The van der Waals surface area contributed by atoms with E-state index >= 15 is 0 Å². The summed E-state index contributed by atoms with van der Waals surface area (Å²) in [5.74, 6) is 0. The van der Waals surface area contributed by atoms with Gasteiger partial charge in [-0.2, -0.15) is 22.9 Å². The van der Waals surface area contributed by atoms with E-state index in [-0.39, 0.29) is 6.11 Å². The average molecular weight is 255 g/mol. The molecule has 0 aromatic carbocycles. The Morgan fingerprint density at radius 3 is 0.933 bits per heavy atom. The lowest BCUT2D eigenvalue weighted by molar-refractivity contribution is 0.0967. The minimum atomic E-state index is 0.194. The van der Waals surface area contributed by atoms with Crippen LogP contribution in [0.5, 0.6) is 0 Å². The third-order valence-corrected chi connectivity index (χ3v) is 2.15. The molecule has 0 atom stereocenters. The fourth-order valence-electron chi connectivity index (χ4n) is 1.37. The smallest absolute Gasteiger partial charge is 0.335 e. The maximum atomic E-state index is 5.07. The molecule has 2 fully saturated rings. The van der Waals surface area contributed by atoms with Crippen molar-refractivity contribution in [3.63, 3.8) is 0 Å². The van der Waals surface area contributed by atoms with E-state index < -0.39 is 0 Å². The summed E-state index contributed by atoms with van der Waals surface area (Å²) in [6.07, 6.45) is 8.06. The van der Waals surface area contributed by atoms with Crippen LogP contribution in [0.4, 0.5) is 0 Å². The van der Waals surface area contributed by atoms with Crippen molar-refractivity contribution in [2.24, 2.45) is 0 Å². The molecule has 0 aromatic rings. The highest BCUT2D eigenvalue weighted by molar-refractivity contribution is 7.22. The van der Waals surface area contributed by atoms with Gasteiger partial charge in [-0.05, 0) is 38.5 Å². The van der Waals surface area contributed by atoms with E-state index in [9.17, 15) is 0 Å². The zero-order chi connectivity index (χ0) is 11.2. The number of hydrogen-bond acceptors (Lipinski definition) is 2. The van der Waals surface area contributed by atoms with Crippen molar-refractivity contribution >= 4 is 29.0 Å². The Kier molecular flexibility index (Phi) is 15.1. The molecule has 0 saturated carbocycles. The monoisotopic (exact) mass is 254 g/mol. The lowest BCUT2D eigenvalue weighted by Crippen LogP contribution is -2.03. The van der Waals surface area contributed by atoms with Gasteiger partial charge in [0.25, 0.3) is 0 Å². The molecule has 2 heterocycles. The van der Waals surface area contributed by atoms with Crippen LogP contribution in [-0.4, -0.2) is 32.5 Å². The van der Waals surface area contributed by atoms with Crippen molar-refractivity contribution in [3.8, 4) is 0 Å². The van der Waals surface area contributed by atoms with Crippen LogP contribution in [0.25, 0.3) is 0 Å². The number of halogens is 2. The van der Waals surface area contributed by atoms with Gasteiger partial charge in [-0.25, -0.2) is 0 Å². The molecule has 2 aliphatic heterocycles. The molecule has 2 nitrogen and oxygen atoms in total. The Hall–Kier alpha value is 0.565. The van der Waals surface area contributed by atoms with E-state index in [2.05, 4.69) is 0 Å². The topological polar surface area (TPSA) is 18.5 Å². The van der Waals surface area contributed by atoms with Crippen LogP contribution >= 0.6 is 22.9 Å². The van der Waals surface area contributed by atoms with Crippen molar-refractivity contribution in [1.82, 2.24) is 0 Å². The standard InChI is InChI=1S/2C5H10O.BCl2H/c2*1-2-4-6-5-3-1;2-1-3/h2*1-5H2;1H. The van der Waals surface area contributed by atoms with E-state index in [0.717, 1.165) is 26.4 Å². The van der Waals surface area contributed by atoms with Crippen LogP contribution < -0.4 is 0 Å². The molecular weight excluding hydrogens is 234 g/mol. The third kappa shape index (κ3) is 14.6. The molecule has 0 bridgehead atoms. The molecule has 0 amide bonds. The first-order chi connectivity index (χ1) is 7.41. The molecule has 15 heavy (non-hydrogen) atoms. The molecule has 2 rings (SSSR count). The zero-order valence-electron chi connectivity index (χ0n) is 9.35. The summed E-state index contributed by atoms with van der Waals surface area (Å²) in [5.41, 5.74) is 0. The molecule has 0 aliphatic carbocycles. The molecule has 0 N–H and O–H groups in total. The maximum Gasteiger partial charge on any atom is 0.335 e. The summed E-state index contributed by atoms with van der Waals surface area (Å²) in [7, 11) is 0. The second-order valence-electron chi connectivity index (χ2n) is 3.45. The van der Waals surface area contributed by atoms with Gasteiger partial charge in [-0.1, -0.05) is 0 Å². The van der Waals surface area contributed by atoms with Gasteiger partial charge in [0.15, 0.2) is 0 Å². The normalized spacial score (nSPS) is 20.1. The molecule has 0 spiro atoms. The lowest BCUT2D eigenvalue weighted by Gasteiger charge is -2.08. The SMILES string of the molecule is C1CCOCC1.C1CCOCC1.ClBCl. The Balaban J connectivity index is 0.000000210. The minimum Gasteiger partial charge on any atom is -0.381 e. The Morgan fingerprint density at radius 1 is 0.600 bits per heavy atom. The van der Waals surface area contributed by atoms with Gasteiger partial charge in [0, 0.05) is 26.4 Å². The quantitative estimate of drug-likeness (QED) is 0.619. The van der Waals surface area contributed by atoms with Crippen molar-refractivity contribution in [1.29, 1.82) is 0 Å². The van der Waals surface area contributed by atoms with Gasteiger partial charge in [0.2, 0.25) is 0 Å². The summed E-state index contributed by atoms with van der Waals surface area (Å²) in [5, 5.41) is 0. The lowest BCUT2D eigenvalue weighted by atomic mass is 10.2. The van der Waals surface area contributed by atoms with Gasteiger partial charge in [-0.15, -0.1) is 0 Å². The van der Waals surface area contributed by atoms with E-state index in [4.69, 9.17) is 32.4 Å². The highest BCUT2D eigenvalue weighted by Crippen LogP contribution is 2.02. The van der Waals surface area contributed by atoms with Crippen molar-refractivity contribution in [2.45, 2.75) is 38.5 Å². The number of hydrogen-bond donors (Lipinski definition) is 0. The summed E-state index contributed by atoms with van der Waals surface area (Å²) >= 11 is 9.53. The van der Waals surface area contributed by atoms with Crippen LogP contribution in [0.3, 0.4) is 0 Å². The molecule has 0 aromatic heterocycles. The fourth-order valence-corrected chi connectivity index (χ4v) is 1.37. The van der Waals surface area contributed by atoms with Crippen LogP contribution in [-0.2, 0) is 9.47 Å². The summed E-state index contributed by atoms with van der Waals surface area (Å²) < 4.78 is 10.1.